The van der Waals surface area contributed by atoms with Gasteiger partial charge in [-0.05, 0) is 18.6 Å². The van der Waals surface area contributed by atoms with E-state index in [1.807, 2.05) is 6.92 Å². The molecule has 0 fully saturated rings. The van der Waals surface area contributed by atoms with E-state index in [-0.39, 0.29) is 0 Å². The first kappa shape index (κ1) is 10.2. The SMILES string of the molecule is COC(=O)C(=O)Nc1cncc(C)c1. The lowest BCUT2D eigenvalue weighted by Gasteiger charge is -2.02. The van der Waals surface area contributed by atoms with Crippen molar-refractivity contribution in [2.45, 2.75) is 6.92 Å². The Balaban J connectivity index is 2.70. The van der Waals surface area contributed by atoms with E-state index in [0.717, 1.165) is 12.7 Å². The molecule has 5 nitrogen and oxygen atoms in total. The van der Waals surface area contributed by atoms with Crippen molar-refractivity contribution in [2.75, 3.05) is 12.4 Å². The normalized spacial score (nSPS) is 9.29. The van der Waals surface area contributed by atoms with Crippen LogP contribution in [0.15, 0.2) is 18.5 Å². The molecule has 5 heteroatoms. The summed E-state index contributed by atoms with van der Waals surface area (Å²) in [5, 5.41) is 2.36. The van der Waals surface area contributed by atoms with Crippen molar-refractivity contribution >= 4 is 17.6 Å². The molecule has 0 aliphatic heterocycles. The molecule has 1 N–H and O–H groups in total. The van der Waals surface area contributed by atoms with Gasteiger partial charge in [-0.2, -0.15) is 0 Å². The van der Waals surface area contributed by atoms with Crippen molar-refractivity contribution in [3.8, 4) is 0 Å². The van der Waals surface area contributed by atoms with Crippen LogP contribution in [0.1, 0.15) is 5.56 Å². The van der Waals surface area contributed by atoms with Crippen molar-refractivity contribution in [3.05, 3.63) is 24.0 Å². The Morgan fingerprint density at radius 1 is 1.43 bits per heavy atom. The molecular weight excluding hydrogens is 184 g/mol. The van der Waals surface area contributed by atoms with Crippen LogP contribution in [0.3, 0.4) is 0 Å². The summed E-state index contributed by atoms with van der Waals surface area (Å²) in [5.41, 5.74) is 1.37. The molecule has 0 aromatic carbocycles. The fourth-order valence-electron chi connectivity index (χ4n) is 0.898. The van der Waals surface area contributed by atoms with E-state index in [1.54, 1.807) is 12.3 Å². The van der Waals surface area contributed by atoms with Crippen LogP contribution in [0.25, 0.3) is 0 Å². The van der Waals surface area contributed by atoms with Gasteiger partial charge in [0.05, 0.1) is 19.0 Å². The number of hydrogen-bond acceptors (Lipinski definition) is 4. The number of ether oxygens (including phenoxy) is 1. The maximum Gasteiger partial charge on any atom is 0.396 e. The van der Waals surface area contributed by atoms with Gasteiger partial charge in [-0.3, -0.25) is 9.78 Å². The number of nitrogens with one attached hydrogen (secondary N) is 1. The molecule has 0 unspecified atom stereocenters. The smallest absolute Gasteiger partial charge is 0.396 e. The molecule has 14 heavy (non-hydrogen) atoms. The zero-order valence-electron chi connectivity index (χ0n) is 7.90. The zero-order valence-corrected chi connectivity index (χ0v) is 7.90. The number of hydrogen-bond donors (Lipinski definition) is 1. The summed E-state index contributed by atoms with van der Waals surface area (Å²) in [6.07, 6.45) is 3.10. The van der Waals surface area contributed by atoms with E-state index < -0.39 is 11.9 Å². The van der Waals surface area contributed by atoms with Crippen LogP contribution in [0, 0.1) is 6.92 Å². The van der Waals surface area contributed by atoms with Gasteiger partial charge < -0.3 is 10.1 Å². The van der Waals surface area contributed by atoms with E-state index in [1.165, 1.54) is 6.20 Å². The highest BCUT2D eigenvalue weighted by Crippen LogP contribution is 2.06. The standard InChI is InChI=1S/C9H10N2O3/c1-6-3-7(5-10-4-6)11-8(12)9(13)14-2/h3-5H,1-2H3,(H,11,12). The van der Waals surface area contributed by atoms with Gasteiger partial charge in [0.15, 0.2) is 0 Å². The summed E-state index contributed by atoms with van der Waals surface area (Å²) in [5.74, 6) is -1.73. The van der Waals surface area contributed by atoms with Gasteiger partial charge in [0, 0.05) is 6.20 Å². The van der Waals surface area contributed by atoms with Crippen LogP contribution in [-0.4, -0.2) is 24.0 Å². The molecule has 74 valence electrons. The van der Waals surface area contributed by atoms with Crippen LogP contribution >= 0.6 is 0 Å². The molecule has 0 spiro atoms. The number of carbonyl (C=O) groups excluding carboxylic acids is 2. The molecule has 0 saturated carbocycles. The fourth-order valence-corrected chi connectivity index (χ4v) is 0.898. The molecule has 1 aromatic rings. The molecule has 1 aromatic heterocycles. The lowest BCUT2D eigenvalue weighted by atomic mass is 10.3. The van der Waals surface area contributed by atoms with Gasteiger partial charge in [0.1, 0.15) is 0 Å². The van der Waals surface area contributed by atoms with Gasteiger partial charge >= 0.3 is 11.9 Å². The van der Waals surface area contributed by atoms with Gasteiger partial charge in [0.2, 0.25) is 0 Å². The van der Waals surface area contributed by atoms with Crippen LogP contribution in [0.2, 0.25) is 0 Å². The molecule has 1 amide bonds. The molecule has 0 saturated heterocycles. The number of amides is 1. The monoisotopic (exact) mass is 194 g/mol. The third-order valence-electron chi connectivity index (χ3n) is 1.50. The van der Waals surface area contributed by atoms with Gasteiger partial charge in [-0.15, -0.1) is 0 Å². The molecule has 0 aliphatic carbocycles. The maximum absolute atomic E-state index is 11.0. The number of anilines is 1. The van der Waals surface area contributed by atoms with Gasteiger partial charge in [-0.25, -0.2) is 4.79 Å². The average Bonchev–Trinajstić information content (AvgIpc) is 2.16. The van der Waals surface area contributed by atoms with Crippen molar-refractivity contribution in [3.63, 3.8) is 0 Å². The Kier molecular flexibility index (Phi) is 3.17. The molecule has 0 aliphatic rings. The molecule has 0 atom stereocenters. The predicted octanol–water partition coefficient (Wildman–Crippen LogP) is 0.502. The molecular formula is C9H10N2O3. The molecule has 1 rings (SSSR count). The summed E-state index contributed by atoms with van der Waals surface area (Å²) >= 11 is 0. The Hall–Kier alpha value is -1.91. The van der Waals surface area contributed by atoms with Gasteiger partial charge in [0.25, 0.3) is 0 Å². The first-order chi connectivity index (χ1) is 6.63. The lowest BCUT2D eigenvalue weighted by Crippen LogP contribution is -2.23. The van der Waals surface area contributed by atoms with E-state index in [9.17, 15) is 9.59 Å². The van der Waals surface area contributed by atoms with Crippen LogP contribution in [0.5, 0.6) is 0 Å². The largest absolute Gasteiger partial charge is 0.462 e. The number of pyridine rings is 1. The fraction of sp³-hybridized carbons (Fsp3) is 0.222. The Morgan fingerprint density at radius 3 is 2.71 bits per heavy atom. The van der Waals surface area contributed by atoms with Crippen LogP contribution in [0.4, 0.5) is 5.69 Å². The first-order valence-corrected chi connectivity index (χ1v) is 3.94. The Bertz CT molecular complexity index is 363. The van der Waals surface area contributed by atoms with Gasteiger partial charge in [-0.1, -0.05) is 0 Å². The Morgan fingerprint density at radius 2 is 2.14 bits per heavy atom. The number of rotatable bonds is 1. The maximum atomic E-state index is 11.0. The average molecular weight is 194 g/mol. The minimum Gasteiger partial charge on any atom is -0.462 e. The van der Waals surface area contributed by atoms with E-state index in [4.69, 9.17) is 0 Å². The molecule has 1 heterocycles. The zero-order chi connectivity index (χ0) is 10.6. The third-order valence-corrected chi connectivity index (χ3v) is 1.50. The van der Waals surface area contributed by atoms with Crippen LogP contribution in [-0.2, 0) is 14.3 Å². The topological polar surface area (TPSA) is 68.3 Å². The second-order valence-electron chi connectivity index (χ2n) is 2.70. The Labute approximate surface area is 81.1 Å². The summed E-state index contributed by atoms with van der Waals surface area (Å²) in [4.78, 5) is 25.6. The van der Waals surface area contributed by atoms with Crippen molar-refractivity contribution in [1.29, 1.82) is 0 Å². The summed E-state index contributed by atoms with van der Waals surface area (Å²) < 4.78 is 4.24. The molecule has 0 radical (unpaired) electrons. The number of nitrogens with zero attached hydrogens (tertiary/aromatic N) is 1. The third kappa shape index (κ3) is 2.55. The highest BCUT2D eigenvalue weighted by atomic mass is 16.5. The van der Waals surface area contributed by atoms with Crippen molar-refractivity contribution in [2.24, 2.45) is 0 Å². The highest BCUT2D eigenvalue weighted by Gasteiger charge is 2.13. The van der Waals surface area contributed by atoms with Crippen LogP contribution < -0.4 is 5.32 Å². The number of aryl methyl sites for hydroxylation is 1. The minimum absolute atomic E-state index is 0.473. The second kappa shape index (κ2) is 4.36. The number of esters is 1. The molecule has 0 bridgehead atoms. The highest BCUT2D eigenvalue weighted by molar-refractivity contribution is 6.37. The summed E-state index contributed by atoms with van der Waals surface area (Å²) in [6.45, 7) is 1.83. The summed E-state index contributed by atoms with van der Waals surface area (Å²) in [7, 11) is 1.15. The summed E-state index contributed by atoms with van der Waals surface area (Å²) in [6, 6.07) is 1.70. The van der Waals surface area contributed by atoms with Crippen molar-refractivity contribution < 1.29 is 14.3 Å². The van der Waals surface area contributed by atoms with E-state index >= 15 is 0 Å². The second-order valence-corrected chi connectivity index (χ2v) is 2.70. The quantitative estimate of drug-likeness (QED) is 0.522. The first-order valence-electron chi connectivity index (χ1n) is 3.94. The lowest BCUT2D eigenvalue weighted by molar-refractivity contribution is -0.150. The number of aromatic nitrogens is 1. The predicted molar refractivity (Wildman–Crippen MR) is 49.6 cm³/mol. The number of carbonyl (C=O) groups is 2. The minimum atomic E-state index is -0.925. The van der Waals surface area contributed by atoms with E-state index in [2.05, 4.69) is 15.0 Å². The van der Waals surface area contributed by atoms with Crippen molar-refractivity contribution in [1.82, 2.24) is 4.98 Å². The number of methoxy groups -OCH3 is 1. The van der Waals surface area contributed by atoms with E-state index in [0.29, 0.717) is 5.69 Å².